The summed E-state index contributed by atoms with van der Waals surface area (Å²) in [6.07, 6.45) is 0. The number of nitrogens with zero attached hydrogens (tertiary/aromatic N) is 3. The number of methoxy groups -OCH3 is 1. The fourth-order valence-corrected chi connectivity index (χ4v) is 3.84. The number of hydrogen-bond acceptors (Lipinski definition) is 6. The minimum Gasteiger partial charge on any atom is -0.497 e. The molecule has 0 unspecified atom stereocenters. The van der Waals surface area contributed by atoms with Crippen LogP contribution in [0.15, 0.2) is 46.9 Å². The van der Waals surface area contributed by atoms with Crippen molar-refractivity contribution >= 4 is 29.0 Å². The Kier molecular flexibility index (Phi) is 5.95. The van der Waals surface area contributed by atoms with E-state index in [2.05, 4.69) is 15.5 Å². The number of benzene rings is 1. The fraction of sp³-hybridized carbons (Fsp3) is 0.278. The van der Waals surface area contributed by atoms with E-state index in [1.807, 2.05) is 60.3 Å². The topological polar surface area (TPSA) is 69.0 Å². The largest absolute Gasteiger partial charge is 0.497 e. The van der Waals surface area contributed by atoms with Gasteiger partial charge in [0.1, 0.15) is 5.75 Å². The van der Waals surface area contributed by atoms with E-state index in [9.17, 15) is 4.79 Å². The Morgan fingerprint density at radius 1 is 1.31 bits per heavy atom. The highest BCUT2D eigenvalue weighted by molar-refractivity contribution is 8.00. The van der Waals surface area contributed by atoms with Crippen LogP contribution in [0, 0.1) is 0 Å². The Balaban J connectivity index is 1.64. The van der Waals surface area contributed by atoms with E-state index in [0.29, 0.717) is 11.7 Å². The van der Waals surface area contributed by atoms with Crippen molar-refractivity contribution in [3.63, 3.8) is 0 Å². The first-order valence-corrected chi connectivity index (χ1v) is 9.85. The van der Waals surface area contributed by atoms with Crippen LogP contribution < -0.4 is 10.1 Å². The number of ether oxygens (including phenoxy) is 1. The van der Waals surface area contributed by atoms with Gasteiger partial charge in [-0.25, -0.2) is 0 Å². The molecule has 8 heteroatoms. The molecule has 0 fully saturated rings. The number of thioether (sulfide) groups is 1. The van der Waals surface area contributed by atoms with E-state index in [-0.39, 0.29) is 11.2 Å². The molecule has 0 aliphatic heterocycles. The molecule has 0 bridgehead atoms. The summed E-state index contributed by atoms with van der Waals surface area (Å²) < 4.78 is 7.08. The maximum atomic E-state index is 12.3. The number of carbonyl (C=O) groups excluding carboxylic acids is 1. The second-order valence-electron chi connectivity index (χ2n) is 5.65. The quantitative estimate of drug-likeness (QED) is 0.629. The van der Waals surface area contributed by atoms with E-state index >= 15 is 0 Å². The van der Waals surface area contributed by atoms with Gasteiger partial charge in [0.25, 0.3) is 0 Å². The lowest BCUT2D eigenvalue weighted by Crippen LogP contribution is -2.30. The third-order valence-corrected chi connectivity index (χ3v) is 5.86. The molecule has 3 aromatic rings. The standard InChI is InChI=1S/C18H20N4O2S2/c1-12(17(23)19-11-15-5-4-10-25-15)26-18-21-20-16(22(18)2)13-6-8-14(24-3)9-7-13/h4-10,12H,11H2,1-3H3,(H,19,23)/t12-/m0/s1. The predicted molar refractivity (Wildman–Crippen MR) is 104 cm³/mol. The van der Waals surface area contributed by atoms with Crippen molar-refractivity contribution in [2.24, 2.45) is 7.05 Å². The predicted octanol–water partition coefficient (Wildman–Crippen LogP) is 3.35. The normalized spacial score (nSPS) is 12.0. The number of carbonyl (C=O) groups is 1. The molecule has 0 spiro atoms. The van der Waals surface area contributed by atoms with Gasteiger partial charge in [0.2, 0.25) is 5.91 Å². The van der Waals surface area contributed by atoms with Crippen molar-refractivity contribution in [3.8, 4) is 17.1 Å². The third kappa shape index (κ3) is 4.25. The summed E-state index contributed by atoms with van der Waals surface area (Å²) in [5.74, 6) is 1.53. The summed E-state index contributed by atoms with van der Waals surface area (Å²) in [6, 6.07) is 11.6. The molecule has 136 valence electrons. The molecule has 0 aliphatic rings. The van der Waals surface area contributed by atoms with Crippen LogP contribution in [-0.4, -0.2) is 33.0 Å². The van der Waals surface area contributed by atoms with Crippen LogP contribution in [0.5, 0.6) is 5.75 Å². The number of rotatable bonds is 7. The van der Waals surface area contributed by atoms with Gasteiger partial charge in [0, 0.05) is 17.5 Å². The van der Waals surface area contributed by atoms with Crippen LogP contribution in [0.25, 0.3) is 11.4 Å². The first kappa shape index (κ1) is 18.5. The maximum absolute atomic E-state index is 12.3. The molecular formula is C18H20N4O2S2. The minimum atomic E-state index is -0.262. The van der Waals surface area contributed by atoms with Crippen LogP contribution >= 0.6 is 23.1 Å². The van der Waals surface area contributed by atoms with Crippen LogP contribution in [-0.2, 0) is 18.4 Å². The van der Waals surface area contributed by atoms with Crippen molar-refractivity contribution in [2.45, 2.75) is 23.9 Å². The molecule has 2 aromatic heterocycles. The molecule has 1 amide bonds. The summed E-state index contributed by atoms with van der Waals surface area (Å²) in [5, 5.41) is 13.9. The Hall–Kier alpha value is -2.32. The van der Waals surface area contributed by atoms with Crippen molar-refractivity contribution < 1.29 is 9.53 Å². The molecule has 6 nitrogen and oxygen atoms in total. The second-order valence-corrected chi connectivity index (χ2v) is 7.99. The first-order valence-electron chi connectivity index (χ1n) is 8.09. The van der Waals surface area contributed by atoms with Gasteiger partial charge in [0.05, 0.1) is 18.9 Å². The lowest BCUT2D eigenvalue weighted by Gasteiger charge is -2.11. The first-order chi connectivity index (χ1) is 12.6. The molecule has 2 heterocycles. The number of aromatic nitrogens is 3. The molecule has 1 atom stereocenters. The van der Waals surface area contributed by atoms with Gasteiger partial charge in [-0.3, -0.25) is 4.79 Å². The SMILES string of the molecule is COc1ccc(-c2nnc(S[C@@H](C)C(=O)NCc3cccs3)n2C)cc1. The van der Waals surface area contributed by atoms with Crippen LogP contribution in [0.4, 0.5) is 0 Å². The molecular weight excluding hydrogens is 368 g/mol. The molecule has 0 saturated carbocycles. The maximum Gasteiger partial charge on any atom is 0.233 e. The van der Waals surface area contributed by atoms with Crippen molar-refractivity contribution in [1.82, 2.24) is 20.1 Å². The number of thiophene rings is 1. The average Bonchev–Trinajstić information content (AvgIpc) is 3.30. The smallest absolute Gasteiger partial charge is 0.233 e. The molecule has 0 aliphatic carbocycles. The number of nitrogens with one attached hydrogen (secondary N) is 1. The van der Waals surface area contributed by atoms with E-state index < -0.39 is 0 Å². The average molecular weight is 389 g/mol. The molecule has 1 aromatic carbocycles. The monoisotopic (exact) mass is 388 g/mol. The summed E-state index contributed by atoms with van der Waals surface area (Å²) in [6.45, 7) is 2.42. The van der Waals surface area contributed by atoms with Gasteiger partial charge in [-0.2, -0.15) is 0 Å². The van der Waals surface area contributed by atoms with Crippen LogP contribution in [0.2, 0.25) is 0 Å². The summed E-state index contributed by atoms with van der Waals surface area (Å²) in [4.78, 5) is 13.4. The van der Waals surface area contributed by atoms with Crippen molar-refractivity contribution in [1.29, 1.82) is 0 Å². The summed E-state index contributed by atoms with van der Waals surface area (Å²) >= 11 is 3.02. The third-order valence-electron chi connectivity index (χ3n) is 3.85. The van der Waals surface area contributed by atoms with E-state index in [1.165, 1.54) is 11.8 Å². The highest BCUT2D eigenvalue weighted by Gasteiger charge is 2.19. The van der Waals surface area contributed by atoms with Gasteiger partial charge in [0.15, 0.2) is 11.0 Å². The van der Waals surface area contributed by atoms with Gasteiger partial charge < -0.3 is 14.6 Å². The Labute approximate surface area is 160 Å². The summed E-state index contributed by atoms with van der Waals surface area (Å²) in [5.41, 5.74) is 0.947. The second kappa shape index (κ2) is 8.37. The van der Waals surface area contributed by atoms with Crippen molar-refractivity contribution in [3.05, 3.63) is 46.7 Å². The zero-order chi connectivity index (χ0) is 18.5. The van der Waals surface area contributed by atoms with Gasteiger partial charge in [-0.05, 0) is 42.6 Å². The number of amides is 1. The molecule has 0 saturated heterocycles. The highest BCUT2D eigenvalue weighted by atomic mass is 32.2. The lowest BCUT2D eigenvalue weighted by atomic mass is 10.2. The molecule has 0 radical (unpaired) electrons. The molecule has 1 N–H and O–H groups in total. The van der Waals surface area contributed by atoms with Crippen LogP contribution in [0.1, 0.15) is 11.8 Å². The number of hydrogen-bond donors (Lipinski definition) is 1. The Bertz CT molecular complexity index is 860. The minimum absolute atomic E-state index is 0.0163. The molecule has 3 rings (SSSR count). The summed E-state index contributed by atoms with van der Waals surface area (Å²) in [7, 11) is 3.54. The van der Waals surface area contributed by atoms with Crippen molar-refractivity contribution in [2.75, 3.05) is 7.11 Å². The zero-order valence-corrected chi connectivity index (χ0v) is 16.4. The van der Waals surface area contributed by atoms with E-state index in [0.717, 1.165) is 22.0 Å². The van der Waals surface area contributed by atoms with E-state index in [1.54, 1.807) is 18.4 Å². The van der Waals surface area contributed by atoms with Gasteiger partial charge in [-0.15, -0.1) is 21.5 Å². The Morgan fingerprint density at radius 3 is 2.73 bits per heavy atom. The van der Waals surface area contributed by atoms with Crippen LogP contribution in [0.3, 0.4) is 0 Å². The highest BCUT2D eigenvalue weighted by Crippen LogP contribution is 2.26. The van der Waals surface area contributed by atoms with Gasteiger partial charge >= 0.3 is 0 Å². The fourth-order valence-electron chi connectivity index (χ4n) is 2.35. The van der Waals surface area contributed by atoms with E-state index in [4.69, 9.17) is 4.74 Å². The Morgan fingerprint density at radius 2 is 2.08 bits per heavy atom. The lowest BCUT2D eigenvalue weighted by molar-refractivity contribution is -0.120. The zero-order valence-electron chi connectivity index (χ0n) is 14.8. The van der Waals surface area contributed by atoms with Gasteiger partial charge in [-0.1, -0.05) is 17.8 Å². The molecule has 26 heavy (non-hydrogen) atoms.